The molecule has 0 aliphatic carbocycles. The predicted octanol–water partition coefficient (Wildman–Crippen LogP) is 0.537. The molecule has 0 aromatic carbocycles. The fourth-order valence-corrected chi connectivity index (χ4v) is 3.10. The van der Waals surface area contributed by atoms with E-state index in [1.807, 2.05) is 14.1 Å². The molecule has 1 fully saturated rings. The third kappa shape index (κ3) is 9.93. The van der Waals surface area contributed by atoms with Gasteiger partial charge >= 0.3 is 0 Å². The highest BCUT2D eigenvalue weighted by Gasteiger charge is 2.30. The van der Waals surface area contributed by atoms with E-state index < -0.39 is 0 Å². The van der Waals surface area contributed by atoms with E-state index in [4.69, 9.17) is 9.47 Å². The zero-order chi connectivity index (χ0) is 19.9. The Hall–Kier alpha value is -1.38. The number of carbonyl (C=O) groups excluding carboxylic acids is 1. The molecule has 2 N–H and O–H groups in total. The molecule has 27 heavy (non-hydrogen) atoms. The van der Waals surface area contributed by atoms with Crippen LogP contribution < -0.4 is 10.6 Å². The molecule has 1 aliphatic heterocycles. The summed E-state index contributed by atoms with van der Waals surface area (Å²) in [5, 5.41) is 6.65. The van der Waals surface area contributed by atoms with Crippen LogP contribution in [0, 0.1) is 0 Å². The minimum absolute atomic E-state index is 0.0556. The van der Waals surface area contributed by atoms with Crippen LogP contribution in [-0.4, -0.2) is 101 Å². The molecule has 158 valence electrons. The van der Waals surface area contributed by atoms with Gasteiger partial charge in [0, 0.05) is 54.0 Å². The van der Waals surface area contributed by atoms with E-state index in [-0.39, 0.29) is 11.9 Å². The van der Waals surface area contributed by atoms with E-state index in [0.717, 1.165) is 64.4 Å². The number of guanidine groups is 1. The topological polar surface area (TPSA) is 78.4 Å². The summed E-state index contributed by atoms with van der Waals surface area (Å²) in [6, 6.07) is 0.0556. The predicted molar refractivity (Wildman–Crippen MR) is 109 cm³/mol. The lowest BCUT2D eigenvalue weighted by Crippen LogP contribution is -2.44. The quantitative estimate of drug-likeness (QED) is 0.274. The zero-order valence-corrected chi connectivity index (χ0v) is 17.6. The van der Waals surface area contributed by atoms with Gasteiger partial charge in [0.25, 0.3) is 0 Å². The van der Waals surface area contributed by atoms with E-state index >= 15 is 0 Å². The van der Waals surface area contributed by atoms with Gasteiger partial charge in [-0.3, -0.25) is 14.7 Å². The maximum absolute atomic E-state index is 12.2. The highest BCUT2D eigenvalue weighted by molar-refractivity contribution is 5.81. The summed E-state index contributed by atoms with van der Waals surface area (Å²) in [5.74, 6) is 1.07. The number of methoxy groups -OCH3 is 1. The van der Waals surface area contributed by atoms with E-state index in [1.54, 1.807) is 12.0 Å². The Morgan fingerprint density at radius 3 is 2.74 bits per heavy atom. The third-order valence-corrected chi connectivity index (χ3v) is 4.50. The number of ether oxygens (including phenoxy) is 2. The number of carbonyl (C=O) groups is 1. The van der Waals surface area contributed by atoms with E-state index in [2.05, 4.69) is 27.4 Å². The van der Waals surface area contributed by atoms with Crippen molar-refractivity contribution in [3.05, 3.63) is 0 Å². The van der Waals surface area contributed by atoms with Gasteiger partial charge in [-0.25, -0.2) is 0 Å². The van der Waals surface area contributed by atoms with Crippen LogP contribution in [0.5, 0.6) is 0 Å². The van der Waals surface area contributed by atoms with Gasteiger partial charge in [-0.15, -0.1) is 0 Å². The fourth-order valence-electron chi connectivity index (χ4n) is 3.10. The van der Waals surface area contributed by atoms with Crippen molar-refractivity contribution < 1.29 is 14.3 Å². The summed E-state index contributed by atoms with van der Waals surface area (Å²) in [6.07, 6.45) is 3.96. The van der Waals surface area contributed by atoms with Gasteiger partial charge in [0.15, 0.2) is 5.96 Å². The maximum atomic E-state index is 12.2. The van der Waals surface area contributed by atoms with E-state index in [9.17, 15) is 4.79 Å². The number of amides is 1. The van der Waals surface area contributed by atoms with Crippen molar-refractivity contribution in [3.63, 3.8) is 0 Å². The van der Waals surface area contributed by atoms with Crippen LogP contribution in [0.1, 0.15) is 32.6 Å². The molecule has 0 bridgehead atoms. The van der Waals surface area contributed by atoms with Crippen LogP contribution in [0.15, 0.2) is 4.99 Å². The van der Waals surface area contributed by atoms with Gasteiger partial charge in [0.2, 0.25) is 5.91 Å². The SMILES string of the molecule is CCNC(=NCCCOCCOC)NCCCN1CCCC1C(=O)N(C)C. The minimum atomic E-state index is 0.0556. The Morgan fingerprint density at radius 2 is 2.04 bits per heavy atom. The van der Waals surface area contributed by atoms with Crippen molar-refractivity contribution in [2.45, 2.75) is 38.6 Å². The van der Waals surface area contributed by atoms with Crippen LogP contribution in [0.25, 0.3) is 0 Å². The van der Waals surface area contributed by atoms with Crippen LogP contribution in [0.3, 0.4) is 0 Å². The summed E-state index contributed by atoms with van der Waals surface area (Å²) in [5.41, 5.74) is 0. The van der Waals surface area contributed by atoms with Gasteiger partial charge in [0.1, 0.15) is 0 Å². The largest absolute Gasteiger partial charge is 0.382 e. The van der Waals surface area contributed by atoms with Crippen LogP contribution >= 0.6 is 0 Å². The molecule has 0 aromatic rings. The van der Waals surface area contributed by atoms with Crippen LogP contribution in [0.4, 0.5) is 0 Å². The molecule has 1 saturated heterocycles. The van der Waals surface area contributed by atoms with Gasteiger partial charge in [0.05, 0.1) is 19.3 Å². The van der Waals surface area contributed by atoms with E-state index in [0.29, 0.717) is 19.8 Å². The molecule has 1 unspecified atom stereocenters. The summed E-state index contributed by atoms with van der Waals surface area (Å²) < 4.78 is 10.4. The second kappa shape index (κ2) is 14.6. The van der Waals surface area contributed by atoms with Crippen LogP contribution in [-0.2, 0) is 14.3 Å². The maximum Gasteiger partial charge on any atom is 0.239 e. The average molecular weight is 386 g/mol. The normalized spacial score (nSPS) is 17.9. The second-order valence-electron chi connectivity index (χ2n) is 6.93. The first-order valence-corrected chi connectivity index (χ1v) is 10.1. The van der Waals surface area contributed by atoms with Crippen molar-refractivity contribution in [3.8, 4) is 0 Å². The zero-order valence-electron chi connectivity index (χ0n) is 17.6. The van der Waals surface area contributed by atoms with E-state index in [1.165, 1.54) is 0 Å². The molecule has 1 atom stereocenters. The number of likely N-dealkylation sites (N-methyl/N-ethyl adjacent to an activating group) is 1. The number of likely N-dealkylation sites (tertiary alicyclic amines) is 1. The summed E-state index contributed by atoms with van der Waals surface area (Å²) in [6.45, 7) is 8.38. The van der Waals surface area contributed by atoms with Gasteiger partial charge in [-0.1, -0.05) is 0 Å². The van der Waals surface area contributed by atoms with Gasteiger partial charge in [-0.2, -0.15) is 0 Å². The molecule has 1 heterocycles. The lowest BCUT2D eigenvalue weighted by molar-refractivity contribution is -0.133. The Morgan fingerprint density at radius 1 is 1.22 bits per heavy atom. The van der Waals surface area contributed by atoms with Gasteiger partial charge < -0.3 is 25.0 Å². The molecule has 1 amide bonds. The van der Waals surface area contributed by atoms with Crippen molar-refractivity contribution in [2.24, 2.45) is 4.99 Å². The number of hydrogen-bond donors (Lipinski definition) is 2. The van der Waals surface area contributed by atoms with Crippen molar-refractivity contribution in [2.75, 3.05) is 73.7 Å². The minimum Gasteiger partial charge on any atom is -0.382 e. The second-order valence-corrected chi connectivity index (χ2v) is 6.93. The molecule has 1 aliphatic rings. The Kier molecular flexibility index (Phi) is 12.8. The number of rotatable bonds is 13. The summed E-state index contributed by atoms with van der Waals surface area (Å²) in [7, 11) is 5.34. The highest BCUT2D eigenvalue weighted by atomic mass is 16.5. The molecule has 0 radical (unpaired) electrons. The van der Waals surface area contributed by atoms with Gasteiger partial charge in [-0.05, 0) is 39.2 Å². The monoisotopic (exact) mass is 385 g/mol. The lowest BCUT2D eigenvalue weighted by Gasteiger charge is -2.26. The number of nitrogens with one attached hydrogen (secondary N) is 2. The lowest BCUT2D eigenvalue weighted by atomic mass is 10.2. The van der Waals surface area contributed by atoms with Crippen molar-refractivity contribution in [1.82, 2.24) is 20.4 Å². The molecule has 0 saturated carbocycles. The molecule has 8 nitrogen and oxygen atoms in total. The standard InChI is InChI=1S/C19H39N5O3/c1-5-20-19(22-11-8-14-27-16-15-26-4)21-10-7-13-24-12-6-9-17(24)18(25)23(2)3/h17H,5-16H2,1-4H3,(H2,20,21,22). The molecule has 1 rings (SSSR count). The third-order valence-electron chi connectivity index (χ3n) is 4.50. The average Bonchev–Trinajstić information content (AvgIpc) is 3.11. The first-order valence-electron chi connectivity index (χ1n) is 10.1. The molecule has 0 spiro atoms. The Labute approximate surface area is 164 Å². The Bertz CT molecular complexity index is 432. The molecular weight excluding hydrogens is 346 g/mol. The number of aliphatic imine (C=N–C) groups is 1. The molecule has 8 heteroatoms. The number of nitrogens with zero attached hydrogens (tertiary/aromatic N) is 3. The van der Waals surface area contributed by atoms with Crippen LogP contribution in [0.2, 0.25) is 0 Å². The van der Waals surface area contributed by atoms with Crippen molar-refractivity contribution >= 4 is 11.9 Å². The first kappa shape index (κ1) is 23.7. The fraction of sp³-hybridized carbons (Fsp3) is 0.895. The number of hydrogen-bond acceptors (Lipinski definition) is 5. The summed E-state index contributed by atoms with van der Waals surface area (Å²) >= 11 is 0. The molecule has 0 aromatic heterocycles. The summed E-state index contributed by atoms with van der Waals surface area (Å²) in [4.78, 5) is 20.8. The van der Waals surface area contributed by atoms with Crippen molar-refractivity contribution in [1.29, 1.82) is 0 Å². The molecular formula is C19H39N5O3. The smallest absolute Gasteiger partial charge is 0.239 e. The highest BCUT2D eigenvalue weighted by Crippen LogP contribution is 2.18. The first-order chi connectivity index (χ1) is 13.1. The Balaban J connectivity index is 2.23.